The van der Waals surface area contributed by atoms with E-state index in [-0.39, 0.29) is 11.9 Å². The van der Waals surface area contributed by atoms with Gasteiger partial charge in [-0.2, -0.15) is 5.10 Å². The van der Waals surface area contributed by atoms with Crippen molar-refractivity contribution in [3.63, 3.8) is 0 Å². The van der Waals surface area contributed by atoms with Gasteiger partial charge in [0.25, 0.3) is 4.92 Å². The Morgan fingerprint density at radius 3 is 2.31 bits per heavy atom. The lowest BCUT2D eigenvalue weighted by molar-refractivity contribution is -0.736. The molecular weight excluding hydrogens is 334 g/mol. The minimum atomic E-state index is -0.164. The lowest BCUT2D eigenvalue weighted by atomic mass is 9.98. The molecule has 1 amide bonds. The van der Waals surface area contributed by atoms with Crippen molar-refractivity contribution in [2.45, 2.75) is 19.4 Å². The Kier molecular flexibility index (Phi) is 4.97. The summed E-state index contributed by atoms with van der Waals surface area (Å²) in [6.07, 6.45) is 0.594. The fraction of sp³-hybridized carbons (Fsp3) is 0.263. The van der Waals surface area contributed by atoms with Crippen molar-refractivity contribution in [1.82, 2.24) is 5.01 Å². The van der Waals surface area contributed by atoms with Gasteiger partial charge in [0.15, 0.2) is 7.11 Å². The van der Waals surface area contributed by atoms with E-state index in [0.29, 0.717) is 17.0 Å². The van der Waals surface area contributed by atoms with Crippen LogP contribution in [0.3, 0.4) is 0 Å². The van der Waals surface area contributed by atoms with Gasteiger partial charge in [0.1, 0.15) is 5.75 Å². The molecule has 0 N–H and O–H groups in total. The van der Waals surface area contributed by atoms with E-state index in [0.717, 1.165) is 22.6 Å². The molecule has 0 aliphatic carbocycles. The zero-order valence-electron chi connectivity index (χ0n) is 14.9. The molecule has 0 saturated carbocycles. The molecule has 2 aromatic carbocycles. The van der Waals surface area contributed by atoms with Gasteiger partial charge in [-0.05, 0) is 35.4 Å². The summed E-state index contributed by atoms with van der Waals surface area (Å²) in [4.78, 5) is 28.6. The van der Waals surface area contributed by atoms with Crippen molar-refractivity contribution in [1.29, 1.82) is 0 Å². The molecule has 1 unspecified atom stereocenters. The number of hydrogen-bond acceptors (Lipinski definition) is 5. The van der Waals surface area contributed by atoms with E-state index in [1.807, 2.05) is 24.3 Å². The molecule has 7 heteroatoms. The molecule has 3 rings (SSSR count). The molecule has 0 fully saturated rings. The number of nitrogens with zero attached hydrogens (tertiary/aromatic N) is 3. The van der Waals surface area contributed by atoms with Gasteiger partial charge >= 0.3 is 5.69 Å². The monoisotopic (exact) mass is 354 g/mol. The zero-order chi connectivity index (χ0) is 18.7. The number of benzene rings is 2. The zero-order valence-corrected chi connectivity index (χ0v) is 14.9. The molecule has 0 bridgehead atoms. The third kappa shape index (κ3) is 3.42. The van der Waals surface area contributed by atoms with Crippen LogP contribution in [0.5, 0.6) is 5.75 Å². The van der Waals surface area contributed by atoms with E-state index in [2.05, 4.69) is 9.94 Å². The summed E-state index contributed by atoms with van der Waals surface area (Å²) in [7, 11) is 2.93. The highest BCUT2D eigenvalue weighted by atomic mass is 16.8. The van der Waals surface area contributed by atoms with Gasteiger partial charge in [0.2, 0.25) is 5.91 Å². The topological polar surface area (TPSA) is 71.2 Å². The Morgan fingerprint density at radius 1 is 1.12 bits per heavy atom. The van der Waals surface area contributed by atoms with Crippen LogP contribution in [0.15, 0.2) is 53.6 Å². The van der Waals surface area contributed by atoms with Crippen LogP contribution in [0.1, 0.15) is 30.5 Å². The van der Waals surface area contributed by atoms with Gasteiger partial charge in [-0.3, -0.25) is 4.79 Å². The van der Waals surface area contributed by atoms with Crippen molar-refractivity contribution in [2.75, 3.05) is 14.2 Å². The second kappa shape index (κ2) is 7.35. The Hall–Kier alpha value is -3.22. The Morgan fingerprint density at radius 2 is 1.77 bits per heavy atom. The molecule has 26 heavy (non-hydrogen) atoms. The summed E-state index contributed by atoms with van der Waals surface area (Å²) in [5.41, 5.74) is 3.04. The third-order valence-corrected chi connectivity index (χ3v) is 4.31. The largest absolute Gasteiger partial charge is 0.497 e. The van der Waals surface area contributed by atoms with Gasteiger partial charge in [-0.15, -0.1) is 0 Å². The maximum Gasteiger partial charge on any atom is 0.316 e. The molecule has 7 nitrogen and oxygen atoms in total. The van der Waals surface area contributed by atoms with Gasteiger partial charge in [0.05, 0.1) is 23.8 Å². The summed E-state index contributed by atoms with van der Waals surface area (Å²) in [5, 5.41) is 6.00. The summed E-state index contributed by atoms with van der Waals surface area (Å²) in [5.74, 6) is 0.640. The maximum atomic E-state index is 12.0. The van der Waals surface area contributed by atoms with Crippen LogP contribution in [-0.2, 0) is 9.63 Å². The van der Waals surface area contributed by atoms with Crippen LogP contribution >= 0.6 is 0 Å². The summed E-state index contributed by atoms with van der Waals surface area (Å²) in [6, 6.07) is 14.4. The number of methoxy groups -OCH3 is 1. The lowest BCUT2D eigenvalue weighted by Crippen LogP contribution is -2.24. The molecule has 1 atom stereocenters. The minimum absolute atomic E-state index is 0.123. The number of rotatable bonds is 5. The van der Waals surface area contributed by atoms with E-state index < -0.39 is 0 Å². The number of ether oxygens (including phenoxy) is 1. The molecule has 2 aromatic rings. The molecule has 0 saturated heterocycles. The van der Waals surface area contributed by atoms with E-state index in [9.17, 15) is 9.70 Å². The summed E-state index contributed by atoms with van der Waals surface area (Å²) in [6.45, 7) is 1.50. The first kappa shape index (κ1) is 17.6. The molecule has 1 aliphatic rings. The first-order valence-electron chi connectivity index (χ1n) is 8.16. The fourth-order valence-electron chi connectivity index (χ4n) is 2.94. The lowest BCUT2D eigenvalue weighted by Gasteiger charge is -2.20. The highest BCUT2D eigenvalue weighted by molar-refractivity contribution is 6.03. The van der Waals surface area contributed by atoms with Crippen LogP contribution in [0.2, 0.25) is 0 Å². The van der Waals surface area contributed by atoms with Crippen molar-refractivity contribution in [3.8, 4) is 5.75 Å². The van der Waals surface area contributed by atoms with Gasteiger partial charge in [-0.25, -0.2) is 9.85 Å². The van der Waals surface area contributed by atoms with Crippen molar-refractivity contribution < 1.29 is 19.3 Å². The SMILES string of the molecule is COc1ccc(C2CC(c3ccc([N+](=O)OC)cc3)=NN2C(C)=O)cc1. The average Bonchev–Trinajstić information content (AvgIpc) is 3.13. The molecule has 0 radical (unpaired) electrons. The molecule has 0 spiro atoms. The van der Waals surface area contributed by atoms with Gasteiger partial charge < -0.3 is 4.74 Å². The van der Waals surface area contributed by atoms with E-state index in [4.69, 9.17) is 4.74 Å². The quantitative estimate of drug-likeness (QED) is 0.772. The van der Waals surface area contributed by atoms with Crippen LogP contribution in [-0.4, -0.2) is 35.8 Å². The van der Waals surface area contributed by atoms with E-state index in [1.54, 1.807) is 31.4 Å². The first-order chi connectivity index (χ1) is 12.5. The van der Waals surface area contributed by atoms with Crippen molar-refractivity contribution >= 4 is 17.3 Å². The predicted octanol–water partition coefficient (Wildman–Crippen LogP) is 3.36. The normalized spacial score (nSPS) is 16.2. The van der Waals surface area contributed by atoms with Crippen LogP contribution < -0.4 is 4.74 Å². The summed E-state index contributed by atoms with van der Waals surface area (Å²) < 4.78 is 5.19. The minimum Gasteiger partial charge on any atom is -0.497 e. The number of amides is 1. The van der Waals surface area contributed by atoms with Crippen LogP contribution in [0.4, 0.5) is 5.69 Å². The third-order valence-electron chi connectivity index (χ3n) is 4.31. The first-order valence-corrected chi connectivity index (χ1v) is 8.16. The number of hydrazone groups is 1. The maximum absolute atomic E-state index is 12.0. The highest BCUT2D eigenvalue weighted by Gasteiger charge is 2.31. The fourth-order valence-corrected chi connectivity index (χ4v) is 2.94. The van der Waals surface area contributed by atoms with Crippen molar-refractivity contribution in [2.24, 2.45) is 5.10 Å². The Bertz CT molecular complexity index is 844. The van der Waals surface area contributed by atoms with Crippen LogP contribution in [0, 0.1) is 4.91 Å². The standard InChI is InChI=1S/C19H20N3O4/c1-13(23)21-19(15-6-10-17(25-2)11-7-15)12-18(20-21)14-4-8-16(9-5-14)22(24)26-3/h4-11,19H,12H2,1-3H3/q+1. The Labute approximate surface area is 151 Å². The number of hydrogen-bond donors (Lipinski definition) is 0. The second-order valence-electron chi connectivity index (χ2n) is 5.89. The Balaban J connectivity index is 1.86. The molecule has 1 heterocycles. The van der Waals surface area contributed by atoms with Gasteiger partial charge in [-0.1, -0.05) is 12.1 Å². The molecule has 134 valence electrons. The van der Waals surface area contributed by atoms with Crippen LogP contribution in [0.25, 0.3) is 0 Å². The second-order valence-corrected chi connectivity index (χ2v) is 5.89. The molecule has 0 aromatic heterocycles. The van der Waals surface area contributed by atoms with Gasteiger partial charge in [0, 0.05) is 25.5 Å². The predicted molar refractivity (Wildman–Crippen MR) is 96.1 cm³/mol. The highest BCUT2D eigenvalue weighted by Crippen LogP contribution is 2.33. The average molecular weight is 354 g/mol. The number of carbonyl (C=O) groups is 1. The van der Waals surface area contributed by atoms with E-state index in [1.165, 1.54) is 19.0 Å². The molecule has 1 aliphatic heterocycles. The smallest absolute Gasteiger partial charge is 0.316 e. The number of carbonyl (C=O) groups excluding carboxylic acids is 1. The summed E-state index contributed by atoms with van der Waals surface area (Å²) >= 11 is 0. The van der Waals surface area contributed by atoms with E-state index >= 15 is 0 Å². The molecular formula is C19H20N3O4+. The van der Waals surface area contributed by atoms with Crippen molar-refractivity contribution in [3.05, 3.63) is 64.6 Å².